The van der Waals surface area contributed by atoms with Crippen molar-refractivity contribution in [3.8, 4) is 5.75 Å². The SMILES string of the molecule is COc1ccc(CCC(=O)Nc2ncc[nH]2)cc1Br. The van der Waals surface area contributed by atoms with Gasteiger partial charge in [0.15, 0.2) is 0 Å². The molecule has 0 radical (unpaired) electrons. The molecule has 1 aromatic carbocycles. The molecule has 100 valence electrons. The molecule has 2 N–H and O–H groups in total. The van der Waals surface area contributed by atoms with Gasteiger partial charge in [-0.15, -0.1) is 0 Å². The lowest BCUT2D eigenvalue weighted by atomic mass is 10.1. The van der Waals surface area contributed by atoms with Gasteiger partial charge in [-0.3, -0.25) is 10.1 Å². The number of rotatable bonds is 5. The number of aromatic amines is 1. The minimum Gasteiger partial charge on any atom is -0.496 e. The summed E-state index contributed by atoms with van der Waals surface area (Å²) in [5.74, 6) is 1.19. The molecule has 2 aromatic rings. The predicted octanol–water partition coefficient (Wildman–Crippen LogP) is 2.75. The van der Waals surface area contributed by atoms with E-state index in [9.17, 15) is 4.79 Å². The molecule has 0 saturated carbocycles. The number of imidazole rings is 1. The lowest BCUT2D eigenvalue weighted by Crippen LogP contribution is -2.13. The number of ether oxygens (including phenoxy) is 1. The fraction of sp³-hybridized carbons (Fsp3) is 0.231. The third-order valence-corrected chi connectivity index (χ3v) is 3.23. The highest BCUT2D eigenvalue weighted by Crippen LogP contribution is 2.25. The Labute approximate surface area is 119 Å². The molecule has 0 fully saturated rings. The van der Waals surface area contributed by atoms with Crippen molar-refractivity contribution in [3.63, 3.8) is 0 Å². The van der Waals surface area contributed by atoms with Crippen LogP contribution in [0.1, 0.15) is 12.0 Å². The Morgan fingerprint density at radius 1 is 1.53 bits per heavy atom. The molecule has 1 heterocycles. The zero-order chi connectivity index (χ0) is 13.7. The summed E-state index contributed by atoms with van der Waals surface area (Å²) < 4.78 is 6.05. The third kappa shape index (κ3) is 3.82. The first kappa shape index (κ1) is 13.6. The summed E-state index contributed by atoms with van der Waals surface area (Å²) in [4.78, 5) is 18.4. The topological polar surface area (TPSA) is 67.0 Å². The Morgan fingerprint density at radius 2 is 2.37 bits per heavy atom. The first-order chi connectivity index (χ1) is 9.19. The summed E-state index contributed by atoms with van der Waals surface area (Å²) in [5.41, 5.74) is 1.07. The van der Waals surface area contributed by atoms with Crippen LogP contribution in [0.25, 0.3) is 0 Å². The molecular weight excluding hydrogens is 310 g/mol. The van der Waals surface area contributed by atoms with E-state index in [1.807, 2.05) is 18.2 Å². The van der Waals surface area contributed by atoms with E-state index in [2.05, 4.69) is 31.2 Å². The number of nitrogens with one attached hydrogen (secondary N) is 2. The Morgan fingerprint density at radius 3 is 3.00 bits per heavy atom. The number of carbonyl (C=O) groups excluding carboxylic acids is 1. The normalized spacial score (nSPS) is 10.2. The number of halogens is 1. The maximum Gasteiger partial charge on any atom is 0.227 e. The van der Waals surface area contributed by atoms with Gasteiger partial charge in [-0.25, -0.2) is 4.98 Å². The van der Waals surface area contributed by atoms with E-state index in [0.717, 1.165) is 15.8 Å². The van der Waals surface area contributed by atoms with Crippen molar-refractivity contribution in [1.29, 1.82) is 0 Å². The van der Waals surface area contributed by atoms with Gasteiger partial charge in [0, 0.05) is 18.8 Å². The average Bonchev–Trinajstić information content (AvgIpc) is 2.89. The summed E-state index contributed by atoms with van der Waals surface area (Å²) >= 11 is 3.42. The predicted molar refractivity (Wildman–Crippen MR) is 76.2 cm³/mol. The van der Waals surface area contributed by atoms with Gasteiger partial charge in [-0.2, -0.15) is 0 Å². The summed E-state index contributed by atoms with van der Waals surface area (Å²) in [6.07, 6.45) is 4.32. The van der Waals surface area contributed by atoms with E-state index >= 15 is 0 Å². The van der Waals surface area contributed by atoms with Gasteiger partial charge in [0.2, 0.25) is 11.9 Å². The largest absolute Gasteiger partial charge is 0.496 e. The second kappa shape index (κ2) is 6.38. The highest BCUT2D eigenvalue weighted by molar-refractivity contribution is 9.10. The maximum atomic E-state index is 11.7. The monoisotopic (exact) mass is 323 g/mol. The highest BCUT2D eigenvalue weighted by Gasteiger charge is 2.06. The lowest BCUT2D eigenvalue weighted by Gasteiger charge is -2.06. The molecule has 1 aromatic heterocycles. The van der Waals surface area contributed by atoms with Crippen molar-refractivity contribution < 1.29 is 9.53 Å². The Hall–Kier alpha value is -1.82. The first-order valence-electron chi connectivity index (χ1n) is 5.80. The van der Waals surface area contributed by atoms with Crippen LogP contribution in [-0.2, 0) is 11.2 Å². The summed E-state index contributed by atoms with van der Waals surface area (Å²) in [6, 6.07) is 5.78. The van der Waals surface area contributed by atoms with Crippen molar-refractivity contribution in [3.05, 3.63) is 40.6 Å². The van der Waals surface area contributed by atoms with Gasteiger partial charge in [0.25, 0.3) is 0 Å². The van der Waals surface area contributed by atoms with E-state index in [1.165, 1.54) is 0 Å². The molecule has 0 bridgehead atoms. The molecule has 0 saturated heterocycles. The fourth-order valence-corrected chi connectivity index (χ4v) is 2.24. The van der Waals surface area contributed by atoms with Crippen molar-refractivity contribution in [1.82, 2.24) is 9.97 Å². The van der Waals surface area contributed by atoms with E-state index in [0.29, 0.717) is 18.8 Å². The second-order valence-electron chi connectivity index (χ2n) is 3.95. The number of hydrogen-bond acceptors (Lipinski definition) is 3. The van der Waals surface area contributed by atoms with Crippen LogP contribution in [-0.4, -0.2) is 23.0 Å². The van der Waals surface area contributed by atoms with E-state index in [1.54, 1.807) is 19.5 Å². The number of nitrogens with zero attached hydrogens (tertiary/aromatic N) is 1. The minimum atomic E-state index is -0.0677. The number of aryl methyl sites for hydroxylation is 1. The lowest BCUT2D eigenvalue weighted by molar-refractivity contribution is -0.116. The summed E-state index contributed by atoms with van der Waals surface area (Å²) in [6.45, 7) is 0. The summed E-state index contributed by atoms with van der Waals surface area (Å²) in [5, 5.41) is 2.69. The molecule has 2 rings (SSSR count). The Balaban J connectivity index is 1.88. The molecule has 0 spiro atoms. The van der Waals surface area contributed by atoms with E-state index < -0.39 is 0 Å². The van der Waals surface area contributed by atoms with Gasteiger partial charge in [0.05, 0.1) is 11.6 Å². The second-order valence-corrected chi connectivity index (χ2v) is 4.81. The van der Waals surface area contributed by atoms with Gasteiger partial charge < -0.3 is 9.72 Å². The van der Waals surface area contributed by atoms with Crippen molar-refractivity contribution >= 4 is 27.8 Å². The van der Waals surface area contributed by atoms with Crippen LogP contribution >= 0.6 is 15.9 Å². The van der Waals surface area contributed by atoms with E-state index in [4.69, 9.17) is 4.74 Å². The van der Waals surface area contributed by atoms with Gasteiger partial charge in [-0.05, 0) is 40.0 Å². The molecule has 19 heavy (non-hydrogen) atoms. The molecule has 0 atom stereocenters. The van der Waals surface area contributed by atoms with Crippen LogP contribution in [0.15, 0.2) is 35.1 Å². The first-order valence-corrected chi connectivity index (χ1v) is 6.60. The van der Waals surface area contributed by atoms with Crippen LogP contribution in [0.3, 0.4) is 0 Å². The number of hydrogen-bond donors (Lipinski definition) is 2. The zero-order valence-electron chi connectivity index (χ0n) is 10.4. The number of H-pyrrole nitrogens is 1. The van der Waals surface area contributed by atoms with Crippen molar-refractivity contribution in [2.24, 2.45) is 0 Å². The zero-order valence-corrected chi connectivity index (χ0v) is 12.0. The van der Waals surface area contributed by atoms with Crippen LogP contribution in [0.2, 0.25) is 0 Å². The molecule has 6 heteroatoms. The molecule has 0 unspecified atom stereocenters. The highest BCUT2D eigenvalue weighted by atomic mass is 79.9. The molecule has 1 amide bonds. The van der Waals surface area contributed by atoms with Gasteiger partial charge in [0.1, 0.15) is 5.75 Å². The van der Waals surface area contributed by atoms with Crippen LogP contribution in [0, 0.1) is 0 Å². The van der Waals surface area contributed by atoms with Crippen LogP contribution < -0.4 is 10.1 Å². The average molecular weight is 324 g/mol. The van der Waals surface area contributed by atoms with Gasteiger partial charge in [-0.1, -0.05) is 6.07 Å². The van der Waals surface area contributed by atoms with Crippen molar-refractivity contribution in [2.45, 2.75) is 12.8 Å². The van der Waals surface area contributed by atoms with Crippen molar-refractivity contribution in [2.75, 3.05) is 12.4 Å². The fourth-order valence-electron chi connectivity index (χ4n) is 1.65. The molecule has 5 nitrogen and oxygen atoms in total. The van der Waals surface area contributed by atoms with Crippen LogP contribution in [0.5, 0.6) is 5.75 Å². The number of methoxy groups -OCH3 is 1. The molecule has 0 aliphatic carbocycles. The smallest absolute Gasteiger partial charge is 0.227 e. The van der Waals surface area contributed by atoms with Crippen LogP contribution in [0.4, 0.5) is 5.95 Å². The molecule has 0 aliphatic rings. The number of benzene rings is 1. The summed E-state index contributed by atoms with van der Waals surface area (Å²) in [7, 11) is 1.62. The number of carbonyl (C=O) groups is 1. The Bertz CT molecular complexity index is 555. The van der Waals surface area contributed by atoms with E-state index in [-0.39, 0.29) is 5.91 Å². The number of aromatic nitrogens is 2. The molecule has 0 aliphatic heterocycles. The Kier molecular flexibility index (Phi) is 4.57. The van der Waals surface area contributed by atoms with Gasteiger partial charge >= 0.3 is 0 Å². The molecular formula is C13H14BrN3O2. The number of anilines is 1. The maximum absolute atomic E-state index is 11.7. The standard InChI is InChI=1S/C13H14BrN3O2/c1-19-11-4-2-9(8-10(11)14)3-5-12(18)17-13-15-6-7-16-13/h2,4,6-8H,3,5H2,1H3,(H2,15,16,17,18). The third-order valence-electron chi connectivity index (χ3n) is 2.61. The number of amides is 1. The quantitative estimate of drug-likeness (QED) is 0.889. The minimum absolute atomic E-state index is 0.0677.